The molecule has 3 aromatic rings. The summed E-state index contributed by atoms with van der Waals surface area (Å²) in [5.41, 5.74) is 3.04. The number of phenolic OH excluding ortho intramolecular Hbond substituents is 1. The summed E-state index contributed by atoms with van der Waals surface area (Å²) in [5, 5.41) is 11.6. The molecule has 5 heteroatoms. The highest BCUT2D eigenvalue weighted by Gasteiger charge is 2.53. The number of benzene rings is 2. The molecule has 0 spiro atoms. The van der Waals surface area contributed by atoms with Crippen LogP contribution in [0.15, 0.2) is 40.8 Å². The molecule has 0 amide bonds. The number of hydrogen-bond acceptors (Lipinski definition) is 5. The van der Waals surface area contributed by atoms with Gasteiger partial charge < -0.3 is 19.0 Å². The maximum atomic E-state index is 12.0. The maximum Gasteiger partial charge on any atom is 0.341 e. The third kappa shape index (κ3) is 2.79. The summed E-state index contributed by atoms with van der Waals surface area (Å²) in [6.45, 7) is 0. The van der Waals surface area contributed by atoms with Crippen molar-refractivity contribution < 1.29 is 23.8 Å². The van der Waals surface area contributed by atoms with Gasteiger partial charge in [-0.2, -0.15) is 0 Å². The number of rotatable bonds is 4. The largest absolute Gasteiger partial charge is 0.507 e. The van der Waals surface area contributed by atoms with Crippen molar-refractivity contribution in [2.24, 2.45) is 17.8 Å². The van der Waals surface area contributed by atoms with Gasteiger partial charge in [0.1, 0.15) is 28.4 Å². The average Bonchev–Trinajstić information content (AvgIpc) is 3.18. The number of hydrogen-bond donors (Lipinski definition) is 1. The van der Waals surface area contributed by atoms with Gasteiger partial charge in [-0.3, -0.25) is 0 Å². The van der Waals surface area contributed by atoms with E-state index in [-0.39, 0.29) is 16.7 Å². The summed E-state index contributed by atoms with van der Waals surface area (Å²) in [6, 6.07) is 11.0. The van der Waals surface area contributed by atoms with E-state index in [1.807, 2.05) is 24.3 Å². The van der Waals surface area contributed by atoms with Crippen LogP contribution in [0.1, 0.15) is 54.4 Å². The van der Waals surface area contributed by atoms with E-state index >= 15 is 0 Å². The molecule has 0 atom stereocenters. The average molecular weight is 433 g/mol. The molecule has 5 nitrogen and oxygen atoms in total. The van der Waals surface area contributed by atoms with Gasteiger partial charge in [0, 0.05) is 16.5 Å². The molecule has 1 aromatic heterocycles. The summed E-state index contributed by atoms with van der Waals surface area (Å²) < 4.78 is 17.1. The van der Waals surface area contributed by atoms with Gasteiger partial charge in [-0.05, 0) is 80.5 Å². The van der Waals surface area contributed by atoms with Crippen LogP contribution in [0.25, 0.3) is 22.3 Å². The Hall–Kier alpha value is -2.95. The van der Waals surface area contributed by atoms with Crippen LogP contribution in [-0.2, 0) is 10.2 Å². The highest BCUT2D eigenvalue weighted by atomic mass is 16.5. The van der Waals surface area contributed by atoms with Gasteiger partial charge in [0.05, 0.1) is 19.6 Å². The van der Waals surface area contributed by atoms with Crippen molar-refractivity contribution in [1.29, 1.82) is 0 Å². The molecule has 4 aliphatic carbocycles. The lowest BCUT2D eigenvalue weighted by molar-refractivity contribution is -0.00454. The third-order valence-electron chi connectivity index (χ3n) is 8.13. The minimum Gasteiger partial charge on any atom is -0.507 e. The lowest BCUT2D eigenvalue weighted by Gasteiger charge is -2.57. The highest BCUT2D eigenvalue weighted by Crippen LogP contribution is 2.63. The fourth-order valence-corrected chi connectivity index (χ4v) is 7.37. The Bertz CT molecular complexity index is 1180. The number of methoxy groups -OCH3 is 2. The second kappa shape index (κ2) is 7.03. The van der Waals surface area contributed by atoms with E-state index in [1.165, 1.54) is 51.2 Å². The zero-order valence-electron chi connectivity index (χ0n) is 18.5. The number of phenols is 1. The van der Waals surface area contributed by atoms with Gasteiger partial charge in [-0.25, -0.2) is 4.79 Å². The number of esters is 1. The molecule has 0 unspecified atom stereocenters. The quantitative estimate of drug-likeness (QED) is 0.507. The molecular formula is C27H28O5. The molecule has 2 aromatic carbocycles. The summed E-state index contributed by atoms with van der Waals surface area (Å²) >= 11 is 0. The van der Waals surface area contributed by atoms with Crippen LogP contribution >= 0.6 is 0 Å². The monoisotopic (exact) mass is 432 g/mol. The van der Waals surface area contributed by atoms with E-state index in [0.29, 0.717) is 0 Å². The van der Waals surface area contributed by atoms with Gasteiger partial charge in [0.15, 0.2) is 0 Å². The first-order valence-corrected chi connectivity index (χ1v) is 11.5. The van der Waals surface area contributed by atoms with Crippen molar-refractivity contribution in [1.82, 2.24) is 0 Å². The van der Waals surface area contributed by atoms with Gasteiger partial charge in [-0.15, -0.1) is 0 Å². The van der Waals surface area contributed by atoms with Crippen LogP contribution in [0.3, 0.4) is 0 Å². The predicted molar refractivity (Wildman–Crippen MR) is 121 cm³/mol. The van der Waals surface area contributed by atoms with Crippen molar-refractivity contribution in [3.63, 3.8) is 0 Å². The van der Waals surface area contributed by atoms with Gasteiger partial charge >= 0.3 is 5.97 Å². The molecule has 0 saturated heterocycles. The number of ether oxygens (including phenoxy) is 2. The molecule has 4 aliphatic rings. The summed E-state index contributed by atoms with van der Waals surface area (Å²) in [6.07, 6.45) is 7.63. The second-order valence-electron chi connectivity index (χ2n) is 10.1. The zero-order chi connectivity index (χ0) is 22.0. The Labute approximate surface area is 187 Å². The van der Waals surface area contributed by atoms with Crippen molar-refractivity contribution >= 4 is 16.9 Å². The smallest absolute Gasteiger partial charge is 0.341 e. The normalized spacial score (nSPS) is 28.2. The molecule has 1 N–H and O–H groups in total. The Morgan fingerprint density at radius 1 is 1.03 bits per heavy atom. The Balaban J connectivity index is 1.59. The number of furan rings is 1. The Kier molecular flexibility index (Phi) is 4.33. The van der Waals surface area contributed by atoms with Crippen LogP contribution in [0.4, 0.5) is 0 Å². The first-order chi connectivity index (χ1) is 15.5. The molecule has 1 heterocycles. The van der Waals surface area contributed by atoms with Gasteiger partial charge in [0.2, 0.25) is 0 Å². The van der Waals surface area contributed by atoms with E-state index < -0.39 is 5.97 Å². The molecule has 4 saturated carbocycles. The molecule has 166 valence electrons. The molecule has 4 bridgehead atoms. The number of carbonyl (C=O) groups is 1. The van der Waals surface area contributed by atoms with E-state index in [4.69, 9.17) is 13.9 Å². The first kappa shape index (κ1) is 19.7. The highest BCUT2D eigenvalue weighted by molar-refractivity contribution is 5.96. The first-order valence-electron chi connectivity index (χ1n) is 11.5. The molecular weight excluding hydrogens is 404 g/mol. The van der Waals surface area contributed by atoms with Crippen LogP contribution in [0, 0.1) is 17.8 Å². The van der Waals surface area contributed by atoms with Crippen molar-refractivity contribution in [2.75, 3.05) is 14.2 Å². The van der Waals surface area contributed by atoms with E-state index in [2.05, 4.69) is 0 Å². The minimum absolute atomic E-state index is 0.0700. The number of aromatic hydroxyl groups is 1. The van der Waals surface area contributed by atoms with Crippen molar-refractivity contribution in [3.05, 3.63) is 47.5 Å². The van der Waals surface area contributed by atoms with Gasteiger partial charge in [0.25, 0.3) is 0 Å². The van der Waals surface area contributed by atoms with Crippen LogP contribution in [-0.4, -0.2) is 25.3 Å². The van der Waals surface area contributed by atoms with Crippen molar-refractivity contribution in [3.8, 4) is 22.8 Å². The minimum atomic E-state index is -0.554. The lowest BCUT2D eigenvalue weighted by atomic mass is 9.47. The number of fused-ring (bicyclic) bond motifs is 1. The van der Waals surface area contributed by atoms with Gasteiger partial charge in [-0.1, -0.05) is 12.1 Å². The maximum absolute atomic E-state index is 12.0. The van der Waals surface area contributed by atoms with Crippen LogP contribution in [0.2, 0.25) is 0 Å². The summed E-state index contributed by atoms with van der Waals surface area (Å²) in [4.78, 5) is 12.0. The van der Waals surface area contributed by atoms with Crippen LogP contribution < -0.4 is 4.74 Å². The Morgan fingerprint density at radius 3 is 2.31 bits per heavy atom. The number of carbonyl (C=O) groups excluding carboxylic acids is 1. The topological polar surface area (TPSA) is 68.9 Å². The van der Waals surface area contributed by atoms with E-state index in [9.17, 15) is 9.90 Å². The predicted octanol–water partition coefficient (Wildman–Crippen LogP) is 6.07. The SMILES string of the molecule is COC(=O)c1ccc(-c2oc3cccc(OC)c3c2C23CC4CC(CC(C4)C2)C3)cc1O. The zero-order valence-corrected chi connectivity index (χ0v) is 18.5. The molecule has 4 fully saturated rings. The Morgan fingerprint density at radius 2 is 1.72 bits per heavy atom. The van der Waals surface area contributed by atoms with Crippen molar-refractivity contribution in [2.45, 2.75) is 43.9 Å². The second-order valence-corrected chi connectivity index (χ2v) is 10.1. The fourth-order valence-electron chi connectivity index (χ4n) is 7.37. The standard InChI is InChI=1S/C27H28O5/c1-30-21-4-3-5-22-23(21)24(27-12-15-8-16(13-27)10-17(9-15)14-27)25(32-22)18-6-7-19(20(28)11-18)26(29)31-2/h3-7,11,15-17,28H,8-10,12-14H2,1-2H3. The molecule has 0 aliphatic heterocycles. The fraction of sp³-hybridized carbons (Fsp3) is 0.444. The summed E-state index contributed by atoms with van der Waals surface area (Å²) in [5.74, 6) is 3.31. The molecule has 7 rings (SSSR count). The third-order valence-corrected chi connectivity index (χ3v) is 8.13. The van der Waals surface area contributed by atoms with Crippen LogP contribution in [0.5, 0.6) is 11.5 Å². The lowest BCUT2D eigenvalue weighted by Crippen LogP contribution is -2.48. The summed E-state index contributed by atoms with van der Waals surface area (Å²) in [7, 11) is 3.02. The van der Waals surface area contributed by atoms with E-state index in [0.717, 1.165) is 45.8 Å². The van der Waals surface area contributed by atoms with E-state index in [1.54, 1.807) is 19.2 Å². The molecule has 0 radical (unpaired) electrons. The molecule has 32 heavy (non-hydrogen) atoms.